The van der Waals surface area contributed by atoms with Crippen LogP contribution in [-0.4, -0.2) is 49.6 Å². The molecule has 0 aliphatic rings. The molecule has 1 atom stereocenters. The summed E-state index contributed by atoms with van der Waals surface area (Å²) in [4.78, 5) is 12.8. The van der Waals surface area contributed by atoms with Gasteiger partial charge in [0.2, 0.25) is 0 Å². The lowest BCUT2D eigenvalue weighted by molar-refractivity contribution is -0.269. The summed E-state index contributed by atoms with van der Waals surface area (Å²) in [5.41, 5.74) is 0. The van der Waals surface area contributed by atoms with Crippen LogP contribution in [0.4, 0.5) is 22.0 Å². The van der Waals surface area contributed by atoms with Crippen molar-refractivity contribution in [3.05, 3.63) is 0 Å². The van der Waals surface area contributed by atoms with Gasteiger partial charge in [0.25, 0.3) is 5.91 Å². The van der Waals surface area contributed by atoms with Gasteiger partial charge in [0.15, 0.2) is 0 Å². The Kier molecular flexibility index (Phi) is 6.86. The number of hydrogen-bond acceptors (Lipinski definition) is 2. The lowest BCUT2D eigenvalue weighted by Crippen LogP contribution is -2.53. The standard InChI is InChI=1S/C12H21F5N2O/c1-5-8(6-2)9(19(3)4)7-18-10(20)11(13,14)12(15,16)17/h8-9H,5-7H2,1-4H3,(H,18,20). The third kappa shape index (κ3) is 4.57. The summed E-state index contributed by atoms with van der Waals surface area (Å²) in [5.74, 6) is -7.56. The molecule has 0 rings (SSSR count). The molecule has 0 radical (unpaired) electrons. The number of carbonyl (C=O) groups is 1. The van der Waals surface area contributed by atoms with Gasteiger partial charge in [0.05, 0.1) is 0 Å². The number of likely N-dealkylation sites (N-methyl/N-ethyl adjacent to an activating group) is 1. The van der Waals surface area contributed by atoms with Crippen LogP contribution in [0.25, 0.3) is 0 Å². The molecule has 0 saturated carbocycles. The minimum atomic E-state index is -5.88. The van der Waals surface area contributed by atoms with E-state index in [-0.39, 0.29) is 18.5 Å². The van der Waals surface area contributed by atoms with Gasteiger partial charge in [-0.2, -0.15) is 22.0 Å². The van der Waals surface area contributed by atoms with Crippen LogP contribution in [0.2, 0.25) is 0 Å². The molecule has 1 unspecified atom stereocenters. The Labute approximate surface area is 115 Å². The van der Waals surface area contributed by atoms with Crippen molar-refractivity contribution in [1.29, 1.82) is 0 Å². The molecule has 8 heteroatoms. The summed E-state index contributed by atoms with van der Waals surface area (Å²) in [5, 5.41) is 1.71. The molecule has 0 fully saturated rings. The van der Waals surface area contributed by atoms with Crippen molar-refractivity contribution in [3.8, 4) is 0 Å². The maximum atomic E-state index is 12.8. The van der Waals surface area contributed by atoms with Gasteiger partial charge < -0.3 is 10.2 Å². The van der Waals surface area contributed by atoms with Crippen LogP contribution in [0.15, 0.2) is 0 Å². The molecule has 0 spiro atoms. The Morgan fingerprint density at radius 2 is 1.55 bits per heavy atom. The number of amides is 1. The topological polar surface area (TPSA) is 32.3 Å². The van der Waals surface area contributed by atoms with E-state index in [1.165, 1.54) is 0 Å². The molecule has 20 heavy (non-hydrogen) atoms. The van der Waals surface area contributed by atoms with Crippen LogP contribution in [0.3, 0.4) is 0 Å². The Balaban J connectivity index is 4.77. The fraction of sp³-hybridized carbons (Fsp3) is 0.917. The smallest absolute Gasteiger partial charge is 0.349 e. The number of rotatable bonds is 7. The fourth-order valence-corrected chi connectivity index (χ4v) is 2.04. The predicted molar refractivity (Wildman–Crippen MR) is 65.6 cm³/mol. The zero-order valence-electron chi connectivity index (χ0n) is 12.0. The zero-order valence-corrected chi connectivity index (χ0v) is 12.0. The highest BCUT2D eigenvalue weighted by Crippen LogP contribution is 2.35. The van der Waals surface area contributed by atoms with E-state index >= 15 is 0 Å². The number of halogens is 5. The van der Waals surface area contributed by atoms with E-state index in [0.717, 1.165) is 12.8 Å². The van der Waals surface area contributed by atoms with Crippen LogP contribution < -0.4 is 5.32 Å². The van der Waals surface area contributed by atoms with Gasteiger partial charge in [-0.1, -0.05) is 26.7 Å². The quantitative estimate of drug-likeness (QED) is 0.733. The minimum Gasteiger partial charge on any atom is -0.349 e. The largest absolute Gasteiger partial charge is 0.463 e. The second kappa shape index (κ2) is 7.19. The molecule has 1 N–H and O–H groups in total. The summed E-state index contributed by atoms with van der Waals surface area (Å²) in [6.07, 6.45) is -4.39. The number of hydrogen-bond donors (Lipinski definition) is 1. The Morgan fingerprint density at radius 3 is 1.85 bits per heavy atom. The molecule has 0 aliphatic carbocycles. The lowest BCUT2D eigenvalue weighted by Gasteiger charge is -2.32. The first-order chi connectivity index (χ1) is 8.98. The van der Waals surface area contributed by atoms with Crippen molar-refractivity contribution >= 4 is 5.91 Å². The van der Waals surface area contributed by atoms with Crippen LogP contribution in [0, 0.1) is 5.92 Å². The highest BCUT2D eigenvalue weighted by atomic mass is 19.4. The maximum Gasteiger partial charge on any atom is 0.463 e. The molecule has 0 bridgehead atoms. The fourth-order valence-electron chi connectivity index (χ4n) is 2.04. The zero-order chi connectivity index (χ0) is 16.1. The van der Waals surface area contributed by atoms with E-state index < -0.39 is 18.0 Å². The highest BCUT2D eigenvalue weighted by Gasteiger charge is 2.63. The maximum absolute atomic E-state index is 12.8. The molecular formula is C12H21F5N2O. The average molecular weight is 304 g/mol. The van der Waals surface area contributed by atoms with Crippen molar-refractivity contribution in [2.45, 2.75) is 44.8 Å². The summed E-state index contributed by atoms with van der Waals surface area (Å²) in [7, 11) is 3.38. The molecule has 0 aliphatic heterocycles. The van der Waals surface area contributed by atoms with Crippen LogP contribution >= 0.6 is 0 Å². The van der Waals surface area contributed by atoms with E-state index in [2.05, 4.69) is 0 Å². The summed E-state index contributed by atoms with van der Waals surface area (Å²) < 4.78 is 61.7. The second-order valence-corrected chi connectivity index (χ2v) is 4.89. The molecule has 0 heterocycles. The van der Waals surface area contributed by atoms with Gasteiger partial charge in [-0.15, -0.1) is 0 Å². The Morgan fingerprint density at radius 1 is 1.10 bits per heavy atom. The molecule has 0 aromatic carbocycles. The minimum absolute atomic E-state index is 0.102. The number of nitrogens with one attached hydrogen (secondary N) is 1. The molecule has 3 nitrogen and oxygen atoms in total. The van der Waals surface area contributed by atoms with Gasteiger partial charge in [0.1, 0.15) is 0 Å². The van der Waals surface area contributed by atoms with Crippen LogP contribution in [0.1, 0.15) is 26.7 Å². The SMILES string of the molecule is CCC(CC)C(CNC(=O)C(F)(F)C(F)(F)F)N(C)C. The van der Waals surface area contributed by atoms with Crippen molar-refractivity contribution < 1.29 is 26.7 Å². The van der Waals surface area contributed by atoms with E-state index in [1.807, 2.05) is 13.8 Å². The van der Waals surface area contributed by atoms with Crippen LogP contribution in [0.5, 0.6) is 0 Å². The first-order valence-corrected chi connectivity index (χ1v) is 6.38. The van der Waals surface area contributed by atoms with E-state index in [9.17, 15) is 26.7 Å². The lowest BCUT2D eigenvalue weighted by atomic mass is 9.93. The normalized spacial score (nSPS) is 14.8. The number of nitrogens with zero attached hydrogens (tertiary/aromatic N) is 1. The summed E-state index contributed by atoms with van der Waals surface area (Å²) >= 11 is 0. The first kappa shape index (κ1) is 19.1. The summed E-state index contributed by atoms with van der Waals surface area (Å²) in [6.45, 7) is 3.55. The summed E-state index contributed by atoms with van der Waals surface area (Å²) in [6, 6.07) is -0.294. The van der Waals surface area contributed by atoms with Gasteiger partial charge in [0, 0.05) is 12.6 Å². The second-order valence-electron chi connectivity index (χ2n) is 4.89. The third-order valence-corrected chi connectivity index (χ3v) is 3.37. The van der Waals surface area contributed by atoms with E-state index in [0.29, 0.717) is 0 Å². The number of carbonyl (C=O) groups excluding carboxylic acids is 1. The molecule has 0 aromatic heterocycles. The van der Waals surface area contributed by atoms with Crippen molar-refractivity contribution in [2.75, 3.05) is 20.6 Å². The third-order valence-electron chi connectivity index (χ3n) is 3.37. The first-order valence-electron chi connectivity index (χ1n) is 6.38. The van der Waals surface area contributed by atoms with E-state index in [4.69, 9.17) is 0 Å². The Hall–Kier alpha value is -0.920. The highest BCUT2D eigenvalue weighted by molar-refractivity contribution is 5.84. The monoisotopic (exact) mass is 304 g/mol. The molecule has 120 valence electrons. The van der Waals surface area contributed by atoms with Gasteiger partial charge in [-0.3, -0.25) is 4.79 Å². The molecule has 0 saturated heterocycles. The predicted octanol–water partition coefficient (Wildman–Crippen LogP) is 2.67. The van der Waals surface area contributed by atoms with Gasteiger partial charge >= 0.3 is 12.1 Å². The van der Waals surface area contributed by atoms with Crippen molar-refractivity contribution in [1.82, 2.24) is 10.2 Å². The Bertz CT molecular complexity index is 313. The van der Waals surface area contributed by atoms with Gasteiger partial charge in [-0.25, -0.2) is 0 Å². The van der Waals surface area contributed by atoms with Crippen molar-refractivity contribution in [2.24, 2.45) is 5.92 Å². The average Bonchev–Trinajstić information content (AvgIpc) is 2.32. The molecule has 0 aromatic rings. The number of alkyl halides is 5. The molecule has 1 amide bonds. The van der Waals surface area contributed by atoms with Crippen LogP contribution in [-0.2, 0) is 4.79 Å². The van der Waals surface area contributed by atoms with Crippen molar-refractivity contribution in [3.63, 3.8) is 0 Å². The van der Waals surface area contributed by atoms with E-state index in [1.54, 1.807) is 24.3 Å². The molecular weight excluding hydrogens is 283 g/mol. The van der Waals surface area contributed by atoms with Gasteiger partial charge in [-0.05, 0) is 20.0 Å².